The zero-order valence-electron chi connectivity index (χ0n) is 14.7. The number of hydrogen-bond donors (Lipinski definition) is 1. The van der Waals surface area contributed by atoms with Crippen LogP contribution >= 0.6 is 0 Å². The number of nitrogens with one attached hydrogen (secondary N) is 1. The molecule has 0 unspecified atom stereocenters. The number of aryl methyl sites for hydroxylation is 1. The Kier molecular flexibility index (Phi) is 7.37. The highest BCUT2D eigenvalue weighted by Gasteiger charge is 2.26. The van der Waals surface area contributed by atoms with Crippen LogP contribution in [0.1, 0.15) is 18.4 Å². The molecule has 1 amide bonds. The third kappa shape index (κ3) is 6.07. The predicted octanol–water partition coefficient (Wildman–Crippen LogP) is 0.927. The molecule has 1 heterocycles. The molecule has 0 radical (unpaired) electrons. The van der Waals surface area contributed by atoms with Crippen molar-refractivity contribution in [2.24, 2.45) is 0 Å². The van der Waals surface area contributed by atoms with Crippen molar-refractivity contribution in [3.63, 3.8) is 0 Å². The summed E-state index contributed by atoms with van der Waals surface area (Å²) in [5.74, 6) is -0.0732. The first-order chi connectivity index (χ1) is 11.9. The largest absolute Gasteiger partial charge is 0.382 e. The van der Waals surface area contributed by atoms with Gasteiger partial charge in [0.2, 0.25) is 15.9 Å². The maximum Gasteiger partial charge on any atom is 0.248 e. The number of carbonyl (C=O) groups excluding carboxylic acids is 1. The van der Waals surface area contributed by atoms with Crippen LogP contribution in [-0.2, 0) is 24.3 Å². The summed E-state index contributed by atoms with van der Waals surface area (Å²) in [5.41, 5.74) is 1.01. The Morgan fingerprint density at radius 3 is 2.44 bits per heavy atom. The lowest BCUT2D eigenvalue weighted by atomic mass is 10.1. The lowest BCUT2D eigenvalue weighted by Gasteiger charge is -2.32. The highest BCUT2D eigenvalue weighted by molar-refractivity contribution is 7.89. The molecule has 0 spiro atoms. The molecule has 1 N–H and O–H groups in total. The van der Waals surface area contributed by atoms with Gasteiger partial charge in [0.1, 0.15) is 6.61 Å². The first-order valence-electron chi connectivity index (χ1n) is 8.36. The van der Waals surface area contributed by atoms with Crippen molar-refractivity contribution >= 4 is 15.9 Å². The average Bonchev–Trinajstić information content (AvgIpc) is 2.59. The summed E-state index contributed by atoms with van der Waals surface area (Å²) in [6.45, 7) is 3.82. The van der Waals surface area contributed by atoms with Gasteiger partial charge in [0.05, 0.1) is 18.1 Å². The molecule has 1 saturated heterocycles. The average molecular weight is 370 g/mol. The number of hydrogen-bond acceptors (Lipinski definition) is 5. The van der Waals surface area contributed by atoms with E-state index < -0.39 is 10.0 Å². The Labute approximate surface area is 149 Å². The number of piperidine rings is 1. The van der Waals surface area contributed by atoms with E-state index in [1.807, 2.05) is 6.92 Å². The fraction of sp³-hybridized carbons (Fsp3) is 0.588. The number of likely N-dealkylation sites (tertiary alicyclic amines) is 1. The number of sulfonamides is 1. The van der Waals surface area contributed by atoms with Gasteiger partial charge in [-0.2, -0.15) is 0 Å². The van der Waals surface area contributed by atoms with Crippen molar-refractivity contribution in [3.8, 4) is 0 Å². The standard InChI is InChI=1S/C17H26N2O5S/c1-14-3-5-16(6-4-14)25(21,22)18-15-7-9-19(10-8-15)17(20)13-24-12-11-23-2/h3-6,15,18H,7-13H2,1-2H3. The zero-order valence-corrected chi connectivity index (χ0v) is 15.5. The summed E-state index contributed by atoms with van der Waals surface area (Å²) in [4.78, 5) is 14.0. The molecular formula is C17H26N2O5S. The molecule has 2 rings (SSSR count). The number of ether oxygens (including phenoxy) is 2. The monoisotopic (exact) mass is 370 g/mol. The highest BCUT2D eigenvalue weighted by Crippen LogP contribution is 2.15. The molecule has 0 aliphatic carbocycles. The van der Waals surface area contributed by atoms with Crippen molar-refractivity contribution in [2.45, 2.75) is 30.7 Å². The van der Waals surface area contributed by atoms with Gasteiger partial charge in [-0.15, -0.1) is 0 Å². The fourth-order valence-corrected chi connectivity index (χ4v) is 3.95. The van der Waals surface area contributed by atoms with Crippen LogP contribution in [0.4, 0.5) is 0 Å². The molecule has 1 aliphatic heterocycles. The van der Waals surface area contributed by atoms with Gasteiger partial charge in [-0.05, 0) is 31.9 Å². The minimum absolute atomic E-state index is 0.0309. The Morgan fingerprint density at radius 1 is 1.20 bits per heavy atom. The normalized spacial score (nSPS) is 16.2. The van der Waals surface area contributed by atoms with Crippen molar-refractivity contribution < 1.29 is 22.7 Å². The number of carbonyl (C=O) groups is 1. The fourth-order valence-electron chi connectivity index (χ4n) is 2.64. The van der Waals surface area contributed by atoms with Crippen LogP contribution in [0.2, 0.25) is 0 Å². The summed E-state index contributed by atoms with van der Waals surface area (Å²) in [7, 11) is -1.95. The van der Waals surface area contributed by atoms with E-state index in [-0.39, 0.29) is 23.5 Å². The number of nitrogens with zero attached hydrogens (tertiary/aromatic N) is 1. The molecule has 0 saturated carbocycles. The highest BCUT2D eigenvalue weighted by atomic mass is 32.2. The summed E-state index contributed by atoms with van der Waals surface area (Å²) < 4.78 is 37.6. The van der Waals surface area contributed by atoms with E-state index in [0.29, 0.717) is 39.1 Å². The minimum atomic E-state index is -3.53. The third-order valence-corrected chi connectivity index (χ3v) is 5.69. The second-order valence-electron chi connectivity index (χ2n) is 6.13. The van der Waals surface area contributed by atoms with Crippen LogP contribution in [-0.4, -0.2) is 65.3 Å². The molecule has 0 atom stereocenters. The maximum absolute atomic E-state index is 12.4. The summed E-state index contributed by atoms with van der Waals surface area (Å²) in [6, 6.07) is 6.60. The molecule has 1 aromatic carbocycles. The zero-order chi connectivity index (χ0) is 18.3. The van der Waals surface area contributed by atoms with E-state index in [0.717, 1.165) is 5.56 Å². The Hall–Kier alpha value is -1.48. The topological polar surface area (TPSA) is 84.9 Å². The van der Waals surface area contributed by atoms with E-state index in [4.69, 9.17) is 9.47 Å². The SMILES string of the molecule is COCCOCC(=O)N1CCC(NS(=O)(=O)c2ccc(C)cc2)CC1. The van der Waals surface area contributed by atoms with Crippen LogP contribution < -0.4 is 4.72 Å². The first kappa shape index (κ1) is 19.8. The van der Waals surface area contributed by atoms with Crippen molar-refractivity contribution in [3.05, 3.63) is 29.8 Å². The lowest BCUT2D eigenvalue weighted by molar-refractivity contribution is -0.137. The molecule has 7 nitrogen and oxygen atoms in total. The second-order valence-corrected chi connectivity index (χ2v) is 7.85. The molecule has 25 heavy (non-hydrogen) atoms. The smallest absolute Gasteiger partial charge is 0.248 e. The van der Waals surface area contributed by atoms with Crippen LogP contribution in [0.15, 0.2) is 29.2 Å². The molecule has 1 fully saturated rings. The van der Waals surface area contributed by atoms with Crippen LogP contribution in [0.25, 0.3) is 0 Å². The van der Waals surface area contributed by atoms with E-state index in [1.165, 1.54) is 0 Å². The van der Waals surface area contributed by atoms with Gasteiger partial charge < -0.3 is 14.4 Å². The van der Waals surface area contributed by atoms with Gasteiger partial charge in [-0.25, -0.2) is 13.1 Å². The van der Waals surface area contributed by atoms with E-state index in [2.05, 4.69) is 4.72 Å². The Bertz CT molecular complexity index is 652. The predicted molar refractivity (Wildman–Crippen MR) is 93.8 cm³/mol. The molecule has 0 aromatic heterocycles. The van der Waals surface area contributed by atoms with Gasteiger partial charge in [0.25, 0.3) is 0 Å². The van der Waals surface area contributed by atoms with Gasteiger partial charge in [-0.3, -0.25) is 4.79 Å². The first-order valence-corrected chi connectivity index (χ1v) is 9.84. The molecule has 8 heteroatoms. The van der Waals surface area contributed by atoms with Gasteiger partial charge in [0, 0.05) is 26.2 Å². The molecule has 1 aliphatic rings. The molecule has 140 valence electrons. The second kappa shape index (κ2) is 9.28. The third-order valence-electron chi connectivity index (χ3n) is 4.16. The van der Waals surface area contributed by atoms with Crippen LogP contribution in [0.3, 0.4) is 0 Å². The number of benzene rings is 1. The van der Waals surface area contributed by atoms with Crippen LogP contribution in [0.5, 0.6) is 0 Å². The van der Waals surface area contributed by atoms with E-state index >= 15 is 0 Å². The summed E-state index contributed by atoms with van der Waals surface area (Å²) >= 11 is 0. The van der Waals surface area contributed by atoms with Crippen molar-refractivity contribution in [2.75, 3.05) is 40.0 Å². The van der Waals surface area contributed by atoms with Crippen molar-refractivity contribution in [1.82, 2.24) is 9.62 Å². The Morgan fingerprint density at radius 2 is 1.84 bits per heavy atom. The van der Waals surface area contributed by atoms with E-state index in [1.54, 1.807) is 36.3 Å². The minimum Gasteiger partial charge on any atom is -0.382 e. The van der Waals surface area contributed by atoms with Crippen molar-refractivity contribution in [1.29, 1.82) is 0 Å². The molecular weight excluding hydrogens is 344 g/mol. The molecule has 1 aromatic rings. The lowest BCUT2D eigenvalue weighted by Crippen LogP contribution is -2.47. The number of rotatable bonds is 8. The van der Waals surface area contributed by atoms with Gasteiger partial charge >= 0.3 is 0 Å². The number of methoxy groups -OCH3 is 1. The van der Waals surface area contributed by atoms with Crippen LogP contribution in [0, 0.1) is 6.92 Å². The molecule has 0 bridgehead atoms. The summed E-state index contributed by atoms with van der Waals surface area (Å²) in [6.07, 6.45) is 1.18. The number of amides is 1. The Balaban J connectivity index is 1.80. The summed E-state index contributed by atoms with van der Waals surface area (Å²) in [5, 5.41) is 0. The van der Waals surface area contributed by atoms with Gasteiger partial charge in [-0.1, -0.05) is 17.7 Å². The quantitative estimate of drug-likeness (QED) is 0.688. The van der Waals surface area contributed by atoms with E-state index in [9.17, 15) is 13.2 Å². The maximum atomic E-state index is 12.4. The van der Waals surface area contributed by atoms with Gasteiger partial charge in [0.15, 0.2) is 0 Å².